The van der Waals surface area contributed by atoms with E-state index in [2.05, 4.69) is 40.7 Å². The lowest BCUT2D eigenvalue weighted by Crippen LogP contribution is -2.35. The fraction of sp³-hybridized carbons (Fsp3) is 0.438. The van der Waals surface area contributed by atoms with Crippen molar-refractivity contribution >= 4 is 0 Å². The fourth-order valence-corrected chi connectivity index (χ4v) is 2.79. The maximum atomic E-state index is 4.42. The van der Waals surface area contributed by atoms with Crippen LogP contribution in [0.25, 0.3) is 5.69 Å². The van der Waals surface area contributed by atoms with Crippen molar-refractivity contribution in [1.29, 1.82) is 0 Å². The van der Waals surface area contributed by atoms with Crippen LogP contribution in [0.2, 0.25) is 0 Å². The Morgan fingerprint density at radius 1 is 1.30 bits per heavy atom. The van der Waals surface area contributed by atoms with Crippen LogP contribution in [0.15, 0.2) is 42.7 Å². The van der Waals surface area contributed by atoms with E-state index in [4.69, 9.17) is 0 Å². The second kappa shape index (κ2) is 6.20. The standard InChI is InChI=1S/C16H22N4/c1-19-9-5-8-16(19)12-17-10-14-11-18-20(13-14)15-6-3-2-4-7-15/h2-4,6-7,11,13,16-17H,5,8-10,12H2,1H3. The van der Waals surface area contributed by atoms with E-state index in [9.17, 15) is 0 Å². The molecule has 1 aliphatic heterocycles. The van der Waals surface area contributed by atoms with Crippen LogP contribution in [-0.4, -0.2) is 40.9 Å². The molecule has 0 spiro atoms. The molecule has 0 bridgehead atoms. The molecule has 2 aromatic rings. The molecule has 1 unspecified atom stereocenters. The number of nitrogens with one attached hydrogen (secondary N) is 1. The maximum Gasteiger partial charge on any atom is 0.0645 e. The first-order valence-electron chi connectivity index (χ1n) is 7.33. The first-order valence-corrected chi connectivity index (χ1v) is 7.33. The molecule has 106 valence electrons. The summed E-state index contributed by atoms with van der Waals surface area (Å²) >= 11 is 0. The average molecular weight is 270 g/mol. The quantitative estimate of drug-likeness (QED) is 0.903. The topological polar surface area (TPSA) is 33.1 Å². The summed E-state index contributed by atoms with van der Waals surface area (Å²) in [7, 11) is 2.22. The van der Waals surface area contributed by atoms with Gasteiger partial charge in [-0.25, -0.2) is 4.68 Å². The van der Waals surface area contributed by atoms with Crippen molar-refractivity contribution in [2.75, 3.05) is 20.1 Å². The number of para-hydroxylation sites is 1. The molecule has 1 aliphatic rings. The zero-order chi connectivity index (χ0) is 13.8. The molecule has 0 aliphatic carbocycles. The van der Waals surface area contributed by atoms with Gasteiger partial charge in [-0.1, -0.05) is 18.2 Å². The number of benzene rings is 1. The Labute approximate surface area is 120 Å². The molecule has 4 heteroatoms. The zero-order valence-electron chi connectivity index (χ0n) is 12.0. The van der Waals surface area contributed by atoms with Crippen LogP contribution in [0.5, 0.6) is 0 Å². The molecule has 0 radical (unpaired) electrons. The van der Waals surface area contributed by atoms with Gasteiger partial charge in [-0.3, -0.25) is 0 Å². The van der Waals surface area contributed by atoms with Crippen molar-refractivity contribution in [3.63, 3.8) is 0 Å². The molecule has 1 atom stereocenters. The largest absolute Gasteiger partial charge is 0.311 e. The van der Waals surface area contributed by atoms with Gasteiger partial charge in [0.15, 0.2) is 0 Å². The molecule has 20 heavy (non-hydrogen) atoms. The molecule has 0 amide bonds. The van der Waals surface area contributed by atoms with Crippen LogP contribution in [-0.2, 0) is 6.54 Å². The summed E-state index contributed by atoms with van der Waals surface area (Å²) < 4.78 is 1.93. The molecule has 0 saturated carbocycles. The molecular weight excluding hydrogens is 248 g/mol. The SMILES string of the molecule is CN1CCCC1CNCc1cnn(-c2ccccc2)c1. The maximum absolute atomic E-state index is 4.42. The van der Waals surface area contributed by atoms with Gasteiger partial charge in [0.2, 0.25) is 0 Å². The number of likely N-dealkylation sites (N-methyl/N-ethyl adjacent to an activating group) is 1. The summed E-state index contributed by atoms with van der Waals surface area (Å²) in [5.41, 5.74) is 2.34. The molecule has 1 N–H and O–H groups in total. The van der Waals surface area contributed by atoms with Crippen molar-refractivity contribution in [2.45, 2.75) is 25.4 Å². The fourth-order valence-electron chi connectivity index (χ4n) is 2.79. The minimum Gasteiger partial charge on any atom is -0.311 e. The predicted octanol–water partition coefficient (Wildman–Crippen LogP) is 2.06. The summed E-state index contributed by atoms with van der Waals surface area (Å²) in [5.74, 6) is 0. The van der Waals surface area contributed by atoms with Gasteiger partial charge in [0.05, 0.1) is 11.9 Å². The molecular formula is C16H22N4. The van der Waals surface area contributed by atoms with Gasteiger partial charge in [0.1, 0.15) is 0 Å². The lowest BCUT2D eigenvalue weighted by Gasteiger charge is -2.19. The van der Waals surface area contributed by atoms with Crippen LogP contribution < -0.4 is 5.32 Å². The Hall–Kier alpha value is -1.65. The minimum atomic E-state index is 0.694. The van der Waals surface area contributed by atoms with Gasteiger partial charge in [0.25, 0.3) is 0 Å². The van der Waals surface area contributed by atoms with Crippen molar-refractivity contribution in [2.24, 2.45) is 0 Å². The number of likely N-dealkylation sites (tertiary alicyclic amines) is 1. The minimum absolute atomic E-state index is 0.694. The van der Waals surface area contributed by atoms with Crippen molar-refractivity contribution in [3.8, 4) is 5.69 Å². The normalized spacial score (nSPS) is 19.6. The Bertz CT molecular complexity index is 534. The van der Waals surface area contributed by atoms with Crippen molar-refractivity contribution in [1.82, 2.24) is 20.0 Å². The zero-order valence-corrected chi connectivity index (χ0v) is 12.0. The highest BCUT2D eigenvalue weighted by Crippen LogP contribution is 2.13. The summed E-state index contributed by atoms with van der Waals surface area (Å²) in [5, 5.41) is 7.96. The molecule has 3 rings (SSSR count). The molecule has 2 heterocycles. The van der Waals surface area contributed by atoms with E-state index >= 15 is 0 Å². The molecule has 1 saturated heterocycles. The van der Waals surface area contributed by atoms with Gasteiger partial charge in [0, 0.05) is 30.9 Å². The Morgan fingerprint density at radius 3 is 2.90 bits per heavy atom. The third-order valence-corrected chi connectivity index (χ3v) is 4.04. The smallest absolute Gasteiger partial charge is 0.0645 e. The first kappa shape index (κ1) is 13.3. The Balaban J connectivity index is 1.53. The third kappa shape index (κ3) is 3.08. The highest BCUT2D eigenvalue weighted by molar-refractivity contribution is 5.30. The number of nitrogens with zero attached hydrogens (tertiary/aromatic N) is 3. The van der Waals surface area contributed by atoms with E-state index in [1.807, 2.05) is 29.1 Å². The number of aromatic nitrogens is 2. The monoisotopic (exact) mass is 270 g/mol. The van der Waals surface area contributed by atoms with Crippen molar-refractivity contribution in [3.05, 3.63) is 48.3 Å². The summed E-state index contributed by atoms with van der Waals surface area (Å²) in [6.45, 7) is 3.18. The highest BCUT2D eigenvalue weighted by Gasteiger charge is 2.19. The van der Waals surface area contributed by atoms with Crippen LogP contribution in [0, 0.1) is 0 Å². The van der Waals surface area contributed by atoms with Crippen LogP contribution in [0.4, 0.5) is 0 Å². The highest BCUT2D eigenvalue weighted by atomic mass is 15.3. The lowest BCUT2D eigenvalue weighted by molar-refractivity contribution is 0.300. The summed E-state index contributed by atoms with van der Waals surface area (Å²) in [6.07, 6.45) is 6.68. The van der Waals surface area contributed by atoms with E-state index in [0.29, 0.717) is 6.04 Å². The summed E-state index contributed by atoms with van der Waals surface area (Å²) in [4.78, 5) is 2.44. The van der Waals surface area contributed by atoms with Gasteiger partial charge < -0.3 is 10.2 Å². The van der Waals surface area contributed by atoms with E-state index in [0.717, 1.165) is 18.8 Å². The Kier molecular flexibility index (Phi) is 4.14. The number of hydrogen-bond acceptors (Lipinski definition) is 3. The van der Waals surface area contributed by atoms with Gasteiger partial charge in [-0.05, 0) is 38.6 Å². The molecule has 1 fully saturated rings. The Morgan fingerprint density at radius 2 is 2.15 bits per heavy atom. The van der Waals surface area contributed by atoms with E-state index in [1.54, 1.807) is 0 Å². The van der Waals surface area contributed by atoms with Gasteiger partial charge in [-0.2, -0.15) is 5.10 Å². The van der Waals surface area contributed by atoms with Crippen LogP contribution in [0.3, 0.4) is 0 Å². The van der Waals surface area contributed by atoms with Gasteiger partial charge >= 0.3 is 0 Å². The second-order valence-electron chi connectivity index (χ2n) is 5.54. The molecule has 1 aromatic carbocycles. The van der Waals surface area contributed by atoms with E-state index in [1.165, 1.54) is 24.9 Å². The predicted molar refractivity (Wildman–Crippen MR) is 80.9 cm³/mol. The van der Waals surface area contributed by atoms with E-state index < -0.39 is 0 Å². The number of rotatable bonds is 5. The first-order chi connectivity index (χ1) is 9.83. The average Bonchev–Trinajstić information content (AvgIpc) is 3.10. The third-order valence-electron chi connectivity index (χ3n) is 4.04. The lowest BCUT2D eigenvalue weighted by atomic mass is 10.2. The molecule has 4 nitrogen and oxygen atoms in total. The number of hydrogen-bond donors (Lipinski definition) is 1. The van der Waals surface area contributed by atoms with Crippen LogP contribution in [0.1, 0.15) is 18.4 Å². The van der Waals surface area contributed by atoms with E-state index in [-0.39, 0.29) is 0 Å². The van der Waals surface area contributed by atoms with Crippen LogP contribution >= 0.6 is 0 Å². The van der Waals surface area contributed by atoms with Gasteiger partial charge in [-0.15, -0.1) is 0 Å². The van der Waals surface area contributed by atoms with Crippen molar-refractivity contribution < 1.29 is 0 Å². The summed E-state index contributed by atoms with van der Waals surface area (Å²) in [6, 6.07) is 10.9. The second-order valence-corrected chi connectivity index (χ2v) is 5.54. The molecule has 1 aromatic heterocycles.